The molecule has 1 saturated heterocycles. The van der Waals surface area contributed by atoms with Crippen LogP contribution in [0.2, 0.25) is 0 Å². The van der Waals surface area contributed by atoms with Crippen molar-refractivity contribution in [1.82, 2.24) is 4.90 Å². The van der Waals surface area contributed by atoms with Gasteiger partial charge in [-0.05, 0) is 38.0 Å². The van der Waals surface area contributed by atoms with Crippen LogP contribution < -0.4 is 5.73 Å². The molecule has 0 amide bonds. The highest BCUT2D eigenvalue weighted by molar-refractivity contribution is 5.78. The molecule has 1 saturated carbocycles. The molecule has 0 atom stereocenters. The minimum absolute atomic E-state index is 0.633. The van der Waals surface area contributed by atoms with Crippen molar-refractivity contribution in [2.45, 2.75) is 38.1 Å². The predicted molar refractivity (Wildman–Crippen MR) is 76.3 cm³/mol. The maximum Gasteiger partial charge on any atom is 0.191 e. The molecule has 0 aromatic carbocycles. The fourth-order valence-corrected chi connectivity index (χ4v) is 2.28. The quantitative estimate of drug-likeness (QED) is 0.429. The molecule has 0 spiro atoms. The van der Waals surface area contributed by atoms with E-state index in [9.17, 15) is 0 Å². The largest absolute Gasteiger partial charge is 0.381 e. The Hall–Kier alpha value is -0.810. The Balaban J connectivity index is 1.48. The highest BCUT2D eigenvalue weighted by Crippen LogP contribution is 2.24. The summed E-state index contributed by atoms with van der Waals surface area (Å²) in [5.74, 6) is 1.36. The number of nitrogens with two attached hydrogens (primary N) is 1. The summed E-state index contributed by atoms with van der Waals surface area (Å²) in [6.45, 7) is 4.19. The van der Waals surface area contributed by atoms with Gasteiger partial charge in [0.15, 0.2) is 5.96 Å². The highest BCUT2D eigenvalue weighted by atomic mass is 16.5. The van der Waals surface area contributed by atoms with Gasteiger partial charge in [-0.3, -0.25) is 4.99 Å². The van der Waals surface area contributed by atoms with Gasteiger partial charge in [0.1, 0.15) is 0 Å². The third-order valence-corrected chi connectivity index (χ3v) is 3.87. The molecule has 0 aromatic rings. The van der Waals surface area contributed by atoms with Crippen LogP contribution in [-0.2, 0) is 9.47 Å². The lowest BCUT2D eigenvalue weighted by atomic mass is 10.0. The van der Waals surface area contributed by atoms with Crippen LogP contribution >= 0.6 is 0 Å². The van der Waals surface area contributed by atoms with Crippen LogP contribution in [0.25, 0.3) is 0 Å². The Morgan fingerprint density at radius 3 is 2.74 bits per heavy atom. The van der Waals surface area contributed by atoms with Crippen LogP contribution in [0.1, 0.15) is 32.1 Å². The van der Waals surface area contributed by atoms with Crippen molar-refractivity contribution < 1.29 is 9.47 Å². The van der Waals surface area contributed by atoms with E-state index >= 15 is 0 Å². The predicted octanol–water partition coefficient (Wildman–Crippen LogP) is 1.23. The van der Waals surface area contributed by atoms with E-state index in [0.717, 1.165) is 52.2 Å². The van der Waals surface area contributed by atoms with Crippen LogP contribution in [0.15, 0.2) is 4.99 Å². The van der Waals surface area contributed by atoms with E-state index in [0.29, 0.717) is 17.9 Å². The molecular formula is C14H27N3O2. The molecule has 0 aromatic heterocycles. The molecule has 0 radical (unpaired) electrons. The second-order valence-corrected chi connectivity index (χ2v) is 5.57. The molecular weight excluding hydrogens is 242 g/mol. The number of hydrogen-bond donors (Lipinski definition) is 1. The Morgan fingerprint density at radius 1 is 1.32 bits per heavy atom. The van der Waals surface area contributed by atoms with Gasteiger partial charge in [-0.25, -0.2) is 0 Å². The van der Waals surface area contributed by atoms with E-state index in [4.69, 9.17) is 15.2 Å². The standard InChI is InChI=1S/C14H27N3O2/c1-17(13-3-4-13)14(15)16-7-2-8-19-11-12-5-9-18-10-6-12/h12-13H,2-11H2,1H3,(H2,15,16). The lowest BCUT2D eigenvalue weighted by Crippen LogP contribution is -2.35. The van der Waals surface area contributed by atoms with Crippen LogP contribution in [0.4, 0.5) is 0 Å². The molecule has 1 heterocycles. The summed E-state index contributed by atoms with van der Waals surface area (Å²) in [6.07, 6.45) is 5.72. The van der Waals surface area contributed by atoms with Crippen LogP contribution in [0.5, 0.6) is 0 Å². The Labute approximate surface area is 116 Å². The van der Waals surface area contributed by atoms with Crippen molar-refractivity contribution in [2.75, 3.05) is 40.0 Å². The van der Waals surface area contributed by atoms with Crippen molar-refractivity contribution in [2.24, 2.45) is 16.6 Å². The molecule has 5 nitrogen and oxygen atoms in total. The van der Waals surface area contributed by atoms with E-state index in [-0.39, 0.29) is 0 Å². The first-order chi connectivity index (χ1) is 9.27. The Kier molecular flexibility index (Phi) is 5.92. The average Bonchev–Trinajstić information content (AvgIpc) is 3.27. The monoisotopic (exact) mass is 269 g/mol. The topological polar surface area (TPSA) is 60.1 Å². The second-order valence-electron chi connectivity index (χ2n) is 5.57. The van der Waals surface area contributed by atoms with E-state index < -0.39 is 0 Å². The molecule has 2 fully saturated rings. The lowest BCUT2D eigenvalue weighted by molar-refractivity contribution is 0.0205. The van der Waals surface area contributed by atoms with Crippen molar-refractivity contribution in [1.29, 1.82) is 0 Å². The molecule has 1 aliphatic carbocycles. The maximum absolute atomic E-state index is 5.91. The number of aliphatic imine (C=N–C) groups is 1. The zero-order chi connectivity index (χ0) is 13.5. The van der Waals surface area contributed by atoms with E-state index in [2.05, 4.69) is 9.89 Å². The van der Waals surface area contributed by atoms with Crippen LogP contribution in [-0.4, -0.2) is 56.9 Å². The van der Waals surface area contributed by atoms with E-state index in [1.807, 2.05) is 7.05 Å². The summed E-state index contributed by atoms with van der Waals surface area (Å²) in [7, 11) is 2.03. The van der Waals surface area contributed by atoms with Crippen molar-refractivity contribution in [3.63, 3.8) is 0 Å². The Bertz CT molecular complexity index is 286. The molecule has 0 unspecified atom stereocenters. The third kappa shape index (κ3) is 5.37. The number of ether oxygens (including phenoxy) is 2. The summed E-state index contributed by atoms with van der Waals surface area (Å²) in [5, 5.41) is 0. The van der Waals surface area contributed by atoms with Crippen LogP contribution in [0.3, 0.4) is 0 Å². The minimum Gasteiger partial charge on any atom is -0.381 e. The molecule has 2 N–H and O–H groups in total. The summed E-state index contributed by atoms with van der Waals surface area (Å²) in [4.78, 5) is 6.48. The normalized spacial score (nSPS) is 21.6. The molecule has 2 aliphatic rings. The zero-order valence-electron chi connectivity index (χ0n) is 12.0. The zero-order valence-corrected chi connectivity index (χ0v) is 12.0. The maximum atomic E-state index is 5.91. The summed E-state index contributed by atoms with van der Waals surface area (Å²) < 4.78 is 11.0. The molecule has 1 aliphatic heterocycles. The lowest BCUT2D eigenvalue weighted by Gasteiger charge is -2.21. The van der Waals surface area contributed by atoms with Crippen molar-refractivity contribution in [3.05, 3.63) is 0 Å². The first-order valence-corrected chi connectivity index (χ1v) is 7.45. The smallest absolute Gasteiger partial charge is 0.191 e. The van der Waals surface area contributed by atoms with Gasteiger partial charge >= 0.3 is 0 Å². The first-order valence-electron chi connectivity index (χ1n) is 7.45. The van der Waals surface area contributed by atoms with Crippen molar-refractivity contribution >= 4 is 5.96 Å². The van der Waals surface area contributed by atoms with Crippen molar-refractivity contribution in [3.8, 4) is 0 Å². The summed E-state index contributed by atoms with van der Waals surface area (Å²) in [6, 6.07) is 0.633. The van der Waals surface area contributed by atoms with Gasteiger partial charge in [-0.15, -0.1) is 0 Å². The number of nitrogens with zero attached hydrogens (tertiary/aromatic N) is 2. The SMILES string of the molecule is CN(C(N)=NCCCOCC1CCOCC1)C1CC1. The van der Waals surface area contributed by atoms with Gasteiger partial charge in [-0.2, -0.15) is 0 Å². The molecule has 5 heteroatoms. The number of hydrogen-bond acceptors (Lipinski definition) is 3. The van der Waals surface area contributed by atoms with Gasteiger partial charge in [0, 0.05) is 46.1 Å². The molecule has 110 valence electrons. The van der Waals surface area contributed by atoms with E-state index in [1.54, 1.807) is 0 Å². The second kappa shape index (κ2) is 7.70. The Morgan fingerprint density at radius 2 is 2.05 bits per heavy atom. The molecule has 19 heavy (non-hydrogen) atoms. The fourth-order valence-electron chi connectivity index (χ4n) is 2.28. The number of guanidine groups is 1. The minimum atomic E-state index is 0.633. The molecule has 0 bridgehead atoms. The van der Waals surface area contributed by atoms with Gasteiger partial charge in [0.05, 0.1) is 0 Å². The van der Waals surface area contributed by atoms with Gasteiger partial charge in [0.25, 0.3) is 0 Å². The molecule has 2 rings (SSSR count). The third-order valence-electron chi connectivity index (χ3n) is 3.87. The average molecular weight is 269 g/mol. The van der Waals surface area contributed by atoms with E-state index in [1.165, 1.54) is 12.8 Å². The summed E-state index contributed by atoms with van der Waals surface area (Å²) in [5.41, 5.74) is 5.91. The van der Waals surface area contributed by atoms with Gasteiger partial charge in [0.2, 0.25) is 0 Å². The van der Waals surface area contributed by atoms with Gasteiger partial charge < -0.3 is 20.1 Å². The first kappa shape index (κ1) is 14.6. The number of rotatable bonds is 7. The summed E-state index contributed by atoms with van der Waals surface area (Å²) >= 11 is 0. The highest BCUT2D eigenvalue weighted by Gasteiger charge is 2.27. The van der Waals surface area contributed by atoms with Crippen LogP contribution in [0, 0.1) is 5.92 Å². The fraction of sp³-hybridized carbons (Fsp3) is 0.929. The van der Waals surface area contributed by atoms with Gasteiger partial charge in [-0.1, -0.05) is 0 Å².